The molecule has 190 valence electrons. The fourth-order valence-electron chi connectivity index (χ4n) is 4.78. The number of ether oxygens (including phenoxy) is 1. The Bertz CT molecular complexity index is 1520. The van der Waals surface area contributed by atoms with Gasteiger partial charge in [0.15, 0.2) is 5.43 Å². The van der Waals surface area contributed by atoms with Crippen molar-refractivity contribution in [3.8, 4) is 11.3 Å². The van der Waals surface area contributed by atoms with E-state index in [0.29, 0.717) is 54.4 Å². The van der Waals surface area contributed by atoms with Crippen LogP contribution in [0.4, 0.5) is 11.6 Å². The average molecular weight is 500 g/mol. The van der Waals surface area contributed by atoms with Gasteiger partial charge in [0.05, 0.1) is 47.2 Å². The molecule has 5 rings (SSSR count). The third-order valence-electron chi connectivity index (χ3n) is 6.72. The number of hydrogen-bond donors (Lipinski definition) is 2. The van der Waals surface area contributed by atoms with Crippen LogP contribution in [0.3, 0.4) is 0 Å². The number of morpholine rings is 1. The summed E-state index contributed by atoms with van der Waals surface area (Å²) in [4.78, 5) is 31.3. The molecule has 1 aliphatic rings. The van der Waals surface area contributed by atoms with Gasteiger partial charge in [-0.15, -0.1) is 0 Å². The van der Waals surface area contributed by atoms with Gasteiger partial charge >= 0.3 is 5.97 Å². The Morgan fingerprint density at radius 1 is 1.11 bits per heavy atom. The van der Waals surface area contributed by atoms with Crippen molar-refractivity contribution in [3.63, 3.8) is 0 Å². The van der Waals surface area contributed by atoms with E-state index in [4.69, 9.17) is 9.15 Å². The maximum atomic E-state index is 13.4. The molecule has 1 unspecified atom stereocenters. The first kappa shape index (κ1) is 24.5. The number of fused-ring (bicyclic) bond motifs is 1. The molecule has 1 fully saturated rings. The topological polar surface area (TPSA) is 105 Å². The molecule has 3 heterocycles. The minimum atomic E-state index is -0.973. The summed E-state index contributed by atoms with van der Waals surface area (Å²) in [5.41, 5.74) is 5.49. The lowest BCUT2D eigenvalue weighted by molar-refractivity contribution is 0.0697. The molecule has 0 saturated carbocycles. The Morgan fingerprint density at radius 3 is 2.54 bits per heavy atom. The van der Waals surface area contributed by atoms with E-state index in [2.05, 4.69) is 15.2 Å². The van der Waals surface area contributed by atoms with E-state index in [1.54, 1.807) is 30.5 Å². The van der Waals surface area contributed by atoms with E-state index in [9.17, 15) is 14.7 Å². The molecule has 1 saturated heterocycles. The van der Waals surface area contributed by atoms with Gasteiger partial charge in [-0.2, -0.15) is 0 Å². The molecule has 0 amide bonds. The van der Waals surface area contributed by atoms with Crippen LogP contribution in [0.25, 0.3) is 22.2 Å². The number of aryl methyl sites for hydroxylation is 1. The zero-order chi connectivity index (χ0) is 26.1. The molecule has 0 radical (unpaired) electrons. The lowest BCUT2D eigenvalue weighted by atomic mass is 9.99. The van der Waals surface area contributed by atoms with Crippen LogP contribution in [0.15, 0.2) is 63.9 Å². The predicted molar refractivity (Wildman–Crippen MR) is 144 cm³/mol. The largest absolute Gasteiger partial charge is 0.478 e. The molecule has 1 atom stereocenters. The highest BCUT2D eigenvalue weighted by atomic mass is 16.5. The van der Waals surface area contributed by atoms with E-state index in [0.717, 1.165) is 22.4 Å². The second-order valence-electron chi connectivity index (χ2n) is 9.34. The van der Waals surface area contributed by atoms with Crippen LogP contribution >= 0.6 is 0 Å². The summed E-state index contributed by atoms with van der Waals surface area (Å²) in [6.07, 6.45) is 1.70. The normalized spacial score (nSPS) is 14.5. The van der Waals surface area contributed by atoms with Gasteiger partial charge in [0.2, 0.25) is 5.88 Å². The Balaban J connectivity index is 1.55. The van der Waals surface area contributed by atoms with Crippen LogP contribution in [-0.2, 0) is 4.74 Å². The van der Waals surface area contributed by atoms with Crippen LogP contribution in [0.1, 0.15) is 40.0 Å². The van der Waals surface area contributed by atoms with Crippen molar-refractivity contribution in [2.24, 2.45) is 0 Å². The number of aromatic carboxylic acids is 1. The molecule has 0 bridgehead atoms. The summed E-state index contributed by atoms with van der Waals surface area (Å²) in [5.74, 6) is -0.377. The number of carboxylic acids is 1. The number of nitrogens with one attached hydrogen (secondary N) is 1. The zero-order valence-electron chi connectivity index (χ0n) is 21.1. The summed E-state index contributed by atoms with van der Waals surface area (Å²) >= 11 is 0. The van der Waals surface area contributed by atoms with Crippen molar-refractivity contribution in [3.05, 3.63) is 87.2 Å². The molecule has 0 spiro atoms. The van der Waals surface area contributed by atoms with Gasteiger partial charge in [0.25, 0.3) is 0 Å². The highest BCUT2D eigenvalue weighted by Crippen LogP contribution is 2.34. The molecule has 8 heteroatoms. The molecule has 1 aliphatic heterocycles. The monoisotopic (exact) mass is 499 g/mol. The Morgan fingerprint density at radius 2 is 1.84 bits per heavy atom. The predicted octanol–water partition coefficient (Wildman–Crippen LogP) is 5.18. The van der Waals surface area contributed by atoms with Crippen molar-refractivity contribution >= 4 is 28.5 Å². The average Bonchev–Trinajstić information content (AvgIpc) is 2.91. The van der Waals surface area contributed by atoms with Crippen LogP contribution in [0, 0.1) is 13.8 Å². The minimum absolute atomic E-state index is 0.0273. The van der Waals surface area contributed by atoms with Crippen molar-refractivity contribution < 1.29 is 19.1 Å². The molecule has 37 heavy (non-hydrogen) atoms. The number of nitrogens with zero attached hydrogens (tertiary/aromatic N) is 2. The van der Waals surface area contributed by atoms with Gasteiger partial charge in [-0.1, -0.05) is 18.2 Å². The molecule has 4 aromatic rings. The fraction of sp³-hybridized carbons (Fsp3) is 0.276. The van der Waals surface area contributed by atoms with E-state index in [-0.39, 0.29) is 17.0 Å². The summed E-state index contributed by atoms with van der Waals surface area (Å²) in [7, 11) is 0. The first-order valence-electron chi connectivity index (χ1n) is 12.3. The third-order valence-corrected chi connectivity index (χ3v) is 6.72. The van der Waals surface area contributed by atoms with Crippen molar-refractivity contribution in [1.29, 1.82) is 0 Å². The van der Waals surface area contributed by atoms with Crippen molar-refractivity contribution in [2.45, 2.75) is 26.8 Å². The van der Waals surface area contributed by atoms with Crippen molar-refractivity contribution in [1.82, 2.24) is 4.98 Å². The number of rotatable bonds is 6. The maximum absolute atomic E-state index is 13.4. The number of hydrogen-bond acceptors (Lipinski definition) is 7. The molecule has 0 aliphatic carbocycles. The van der Waals surface area contributed by atoms with Crippen LogP contribution in [-0.4, -0.2) is 42.4 Å². The molecular weight excluding hydrogens is 470 g/mol. The summed E-state index contributed by atoms with van der Waals surface area (Å²) in [6.45, 7) is 8.34. The maximum Gasteiger partial charge on any atom is 0.335 e. The van der Waals surface area contributed by atoms with Crippen LogP contribution in [0.5, 0.6) is 0 Å². The quantitative estimate of drug-likeness (QED) is 0.374. The fourth-order valence-corrected chi connectivity index (χ4v) is 4.78. The number of anilines is 2. The smallest absolute Gasteiger partial charge is 0.335 e. The van der Waals surface area contributed by atoms with Gasteiger partial charge in [-0.25, -0.2) is 4.79 Å². The van der Waals surface area contributed by atoms with Gasteiger partial charge in [0.1, 0.15) is 5.58 Å². The van der Waals surface area contributed by atoms with Gasteiger partial charge in [0, 0.05) is 30.4 Å². The summed E-state index contributed by atoms with van der Waals surface area (Å²) in [5, 5.41) is 13.3. The first-order chi connectivity index (χ1) is 17.8. The Hall–Kier alpha value is -4.17. The van der Waals surface area contributed by atoms with Crippen molar-refractivity contribution in [2.75, 3.05) is 36.5 Å². The van der Waals surface area contributed by atoms with E-state index in [1.807, 2.05) is 45.0 Å². The van der Waals surface area contributed by atoms with E-state index < -0.39 is 5.97 Å². The Labute approximate surface area is 214 Å². The number of benzene rings is 2. The molecular formula is C29H29N3O5. The second-order valence-corrected chi connectivity index (χ2v) is 9.34. The van der Waals surface area contributed by atoms with Crippen LogP contribution in [0.2, 0.25) is 0 Å². The number of pyridine rings is 1. The zero-order valence-corrected chi connectivity index (χ0v) is 21.1. The number of carbonyl (C=O) groups is 1. The van der Waals surface area contributed by atoms with Gasteiger partial charge < -0.3 is 24.5 Å². The second kappa shape index (κ2) is 10.1. The SMILES string of the molecule is Cc1cc(C(C)Nc2cccnc2-c2ccc(C(=O)O)cc2)c2oc(N3CCOCC3)c(C)c(=O)c2c1. The minimum Gasteiger partial charge on any atom is -0.478 e. The van der Waals surface area contributed by atoms with Gasteiger partial charge in [-0.05, 0) is 56.7 Å². The molecule has 2 aromatic carbocycles. The van der Waals surface area contributed by atoms with E-state index >= 15 is 0 Å². The molecule has 8 nitrogen and oxygen atoms in total. The summed E-state index contributed by atoms with van der Waals surface area (Å²) in [6, 6.07) is 14.1. The Kier molecular flexibility index (Phi) is 6.67. The molecule has 2 N–H and O–H groups in total. The third kappa shape index (κ3) is 4.80. The highest BCUT2D eigenvalue weighted by molar-refractivity contribution is 5.89. The highest BCUT2D eigenvalue weighted by Gasteiger charge is 2.23. The van der Waals surface area contributed by atoms with Crippen LogP contribution < -0.4 is 15.6 Å². The van der Waals surface area contributed by atoms with Gasteiger partial charge in [-0.3, -0.25) is 9.78 Å². The lowest BCUT2D eigenvalue weighted by Gasteiger charge is -2.29. The van der Waals surface area contributed by atoms with E-state index in [1.165, 1.54) is 0 Å². The molecule has 2 aromatic heterocycles. The summed E-state index contributed by atoms with van der Waals surface area (Å²) < 4.78 is 11.9. The number of carboxylic acid groups (broad SMARTS) is 1. The standard InChI is InChI=1S/C29H29N3O5/c1-17-15-22(27-23(16-17)26(33)18(2)28(37-27)32-11-13-36-14-12-32)19(3)31-24-5-4-10-30-25(24)20-6-8-21(9-7-20)29(34)35/h4-10,15-16,19,31H,11-14H2,1-3H3,(H,34,35). The first-order valence-corrected chi connectivity index (χ1v) is 12.3. The number of aromatic nitrogens is 1. The lowest BCUT2D eigenvalue weighted by Crippen LogP contribution is -2.37.